The molecule has 20 heavy (non-hydrogen) atoms. The van der Waals surface area contributed by atoms with E-state index in [1.807, 2.05) is 34.4 Å². The van der Waals surface area contributed by atoms with E-state index in [1.165, 1.54) is 0 Å². The molecule has 0 fully saturated rings. The van der Waals surface area contributed by atoms with Gasteiger partial charge in [-0.1, -0.05) is 11.8 Å². The molecule has 0 aliphatic carbocycles. The molecule has 0 atom stereocenters. The molecule has 3 rings (SSSR count). The van der Waals surface area contributed by atoms with Crippen LogP contribution in [0.15, 0.2) is 29.8 Å². The minimum atomic E-state index is 0.574. The van der Waals surface area contributed by atoms with E-state index in [-0.39, 0.29) is 0 Å². The largest absolute Gasteiger partial charge is 0.329 e. The Morgan fingerprint density at radius 2 is 2.25 bits per heavy atom. The lowest BCUT2D eigenvalue weighted by Crippen LogP contribution is -2.12. The Hall–Kier alpha value is -1.93. The van der Waals surface area contributed by atoms with Gasteiger partial charge in [0.2, 0.25) is 5.78 Å². The Kier molecular flexibility index (Phi) is 3.66. The molecule has 0 saturated carbocycles. The number of rotatable bonds is 5. The minimum absolute atomic E-state index is 0.574. The number of imidazole rings is 1. The van der Waals surface area contributed by atoms with E-state index in [9.17, 15) is 0 Å². The van der Waals surface area contributed by atoms with Crippen LogP contribution >= 0.6 is 11.8 Å². The van der Waals surface area contributed by atoms with Gasteiger partial charge in [-0.15, -0.1) is 10.2 Å². The average molecular weight is 289 g/mol. The molecule has 7 nitrogen and oxygen atoms in total. The summed E-state index contributed by atoms with van der Waals surface area (Å²) in [6.07, 6.45) is 5.65. The van der Waals surface area contributed by atoms with Crippen molar-refractivity contribution < 1.29 is 0 Å². The lowest BCUT2D eigenvalue weighted by molar-refractivity contribution is 0.627. The van der Waals surface area contributed by atoms with Gasteiger partial charge in [-0.05, 0) is 13.0 Å². The van der Waals surface area contributed by atoms with Crippen LogP contribution in [0.2, 0.25) is 0 Å². The van der Waals surface area contributed by atoms with Crippen LogP contribution in [-0.4, -0.2) is 35.7 Å². The Bertz CT molecular complexity index is 684. The summed E-state index contributed by atoms with van der Waals surface area (Å²) in [7, 11) is 0. The van der Waals surface area contributed by atoms with Crippen molar-refractivity contribution in [3.8, 4) is 0 Å². The number of aryl methyl sites for hydroxylation is 1. The normalized spacial score (nSPS) is 11.3. The van der Waals surface area contributed by atoms with E-state index in [0.29, 0.717) is 12.3 Å². The fourth-order valence-corrected chi connectivity index (χ4v) is 2.84. The second-order valence-corrected chi connectivity index (χ2v) is 5.26. The Morgan fingerprint density at radius 3 is 3.05 bits per heavy atom. The fourth-order valence-electron chi connectivity index (χ4n) is 1.94. The highest BCUT2D eigenvalue weighted by Gasteiger charge is 2.10. The quantitative estimate of drug-likeness (QED) is 0.702. The highest BCUT2D eigenvalue weighted by atomic mass is 32.2. The van der Waals surface area contributed by atoms with E-state index >= 15 is 0 Å². The van der Waals surface area contributed by atoms with Crippen LogP contribution in [0.1, 0.15) is 11.5 Å². The van der Waals surface area contributed by atoms with Crippen LogP contribution in [-0.2, 0) is 12.3 Å². The van der Waals surface area contributed by atoms with Crippen molar-refractivity contribution in [3.05, 3.63) is 36.2 Å². The maximum Gasteiger partial charge on any atom is 0.233 e. The van der Waals surface area contributed by atoms with Crippen molar-refractivity contribution in [1.29, 1.82) is 0 Å². The zero-order chi connectivity index (χ0) is 13.9. The van der Waals surface area contributed by atoms with Crippen molar-refractivity contribution in [3.63, 3.8) is 0 Å². The van der Waals surface area contributed by atoms with Crippen molar-refractivity contribution >= 4 is 17.5 Å². The highest BCUT2D eigenvalue weighted by molar-refractivity contribution is 7.98. The minimum Gasteiger partial charge on any atom is -0.329 e. The van der Waals surface area contributed by atoms with Gasteiger partial charge in [-0.2, -0.15) is 0 Å². The van der Waals surface area contributed by atoms with Gasteiger partial charge in [0.1, 0.15) is 5.82 Å². The molecule has 0 amide bonds. The van der Waals surface area contributed by atoms with Gasteiger partial charge >= 0.3 is 0 Å². The van der Waals surface area contributed by atoms with Gasteiger partial charge in [0.25, 0.3) is 0 Å². The van der Waals surface area contributed by atoms with Gasteiger partial charge in [0.05, 0.1) is 5.69 Å². The molecule has 2 N–H and O–H groups in total. The van der Waals surface area contributed by atoms with Crippen LogP contribution < -0.4 is 5.73 Å². The second-order valence-electron chi connectivity index (χ2n) is 4.32. The number of fused-ring (bicyclic) bond motifs is 1. The van der Waals surface area contributed by atoms with Crippen molar-refractivity contribution in [2.45, 2.75) is 24.4 Å². The summed E-state index contributed by atoms with van der Waals surface area (Å²) in [6.45, 7) is 3.24. The Morgan fingerprint density at radius 1 is 1.35 bits per heavy atom. The third-order valence-corrected chi connectivity index (χ3v) is 3.89. The maximum atomic E-state index is 5.61. The number of aromatic nitrogens is 6. The number of nitrogens with two attached hydrogens (primary N) is 1. The first-order valence-corrected chi connectivity index (χ1v) is 7.28. The molecular formula is C12H15N7S. The first-order chi connectivity index (χ1) is 9.78. The van der Waals surface area contributed by atoms with Crippen LogP contribution in [0.5, 0.6) is 0 Å². The molecule has 0 aromatic carbocycles. The first kappa shape index (κ1) is 13.1. The third kappa shape index (κ3) is 2.52. The molecule has 0 unspecified atom stereocenters. The molecule has 0 aliphatic heterocycles. The fraction of sp³-hybridized carbons (Fsp3) is 0.333. The zero-order valence-electron chi connectivity index (χ0n) is 11.1. The highest BCUT2D eigenvalue weighted by Crippen LogP contribution is 2.21. The van der Waals surface area contributed by atoms with Crippen molar-refractivity contribution in [2.75, 3.05) is 6.54 Å². The standard InChI is InChI=1S/C12H15N7S/c1-9-16-17-12(19(9)6-3-13)20-8-10-7-18-5-2-4-14-11(18)15-10/h2,4-5,7H,3,6,8,13H2,1H3. The lowest BCUT2D eigenvalue weighted by atomic mass is 10.6. The summed E-state index contributed by atoms with van der Waals surface area (Å²) in [6, 6.07) is 1.88. The van der Waals surface area contributed by atoms with Gasteiger partial charge in [0.15, 0.2) is 5.16 Å². The summed E-state index contributed by atoms with van der Waals surface area (Å²) < 4.78 is 3.93. The predicted molar refractivity (Wildman–Crippen MR) is 76.4 cm³/mol. The molecule has 8 heteroatoms. The van der Waals surface area contributed by atoms with E-state index in [4.69, 9.17) is 5.73 Å². The molecule has 0 spiro atoms. The van der Waals surface area contributed by atoms with E-state index in [0.717, 1.165) is 29.0 Å². The smallest absolute Gasteiger partial charge is 0.233 e. The SMILES string of the molecule is Cc1nnc(SCc2cn3cccnc3n2)n1CCN. The molecule has 0 saturated heterocycles. The van der Waals surface area contributed by atoms with Gasteiger partial charge in [-0.3, -0.25) is 4.40 Å². The van der Waals surface area contributed by atoms with Crippen LogP contribution in [0.4, 0.5) is 0 Å². The summed E-state index contributed by atoms with van der Waals surface area (Å²) in [5.41, 5.74) is 6.57. The third-order valence-electron chi connectivity index (χ3n) is 2.89. The van der Waals surface area contributed by atoms with Crippen molar-refractivity contribution in [2.24, 2.45) is 5.73 Å². The van der Waals surface area contributed by atoms with Crippen molar-refractivity contribution in [1.82, 2.24) is 29.1 Å². The van der Waals surface area contributed by atoms with Crippen LogP contribution in [0.25, 0.3) is 5.78 Å². The number of nitrogens with zero attached hydrogens (tertiary/aromatic N) is 6. The molecule has 3 aromatic heterocycles. The molecular weight excluding hydrogens is 274 g/mol. The molecule has 0 bridgehead atoms. The van der Waals surface area contributed by atoms with E-state index in [1.54, 1.807) is 18.0 Å². The molecule has 3 heterocycles. The van der Waals surface area contributed by atoms with Gasteiger partial charge < -0.3 is 10.3 Å². The molecule has 0 aliphatic rings. The average Bonchev–Trinajstić information content (AvgIpc) is 3.02. The predicted octanol–water partition coefficient (Wildman–Crippen LogP) is 0.880. The molecule has 3 aromatic rings. The summed E-state index contributed by atoms with van der Waals surface area (Å²) in [5.74, 6) is 2.32. The summed E-state index contributed by atoms with van der Waals surface area (Å²) in [5, 5.41) is 9.14. The van der Waals surface area contributed by atoms with Gasteiger partial charge in [0, 0.05) is 37.4 Å². The summed E-state index contributed by atoms with van der Waals surface area (Å²) in [4.78, 5) is 8.66. The number of hydrogen-bond donors (Lipinski definition) is 1. The van der Waals surface area contributed by atoms with Gasteiger partial charge in [-0.25, -0.2) is 9.97 Å². The Balaban J connectivity index is 1.76. The summed E-state index contributed by atoms with van der Waals surface area (Å²) >= 11 is 1.61. The molecule has 0 radical (unpaired) electrons. The van der Waals surface area contributed by atoms with E-state index < -0.39 is 0 Å². The number of thioether (sulfide) groups is 1. The topological polar surface area (TPSA) is 86.9 Å². The lowest BCUT2D eigenvalue weighted by Gasteiger charge is -2.05. The first-order valence-electron chi connectivity index (χ1n) is 6.29. The second kappa shape index (κ2) is 5.59. The Labute approximate surface area is 120 Å². The zero-order valence-corrected chi connectivity index (χ0v) is 11.9. The van der Waals surface area contributed by atoms with Crippen LogP contribution in [0, 0.1) is 6.92 Å². The van der Waals surface area contributed by atoms with E-state index in [2.05, 4.69) is 20.2 Å². The monoisotopic (exact) mass is 289 g/mol. The van der Waals surface area contributed by atoms with Crippen LogP contribution in [0.3, 0.4) is 0 Å². The number of hydrogen-bond acceptors (Lipinski definition) is 6. The molecule has 104 valence electrons. The maximum absolute atomic E-state index is 5.61.